The van der Waals surface area contributed by atoms with E-state index in [1.165, 1.54) is 16.2 Å². The summed E-state index contributed by atoms with van der Waals surface area (Å²) in [4.78, 5) is 32.7. The molecule has 2 aliphatic rings. The fourth-order valence-corrected chi connectivity index (χ4v) is 5.94. The van der Waals surface area contributed by atoms with Crippen molar-refractivity contribution in [2.45, 2.75) is 6.04 Å². The van der Waals surface area contributed by atoms with Gasteiger partial charge in [0.2, 0.25) is 0 Å². The molecule has 37 heavy (non-hydrogen) atoms. The number of aromatic nitrogens is 1. The normalized spacial score (nSPS) is 18.6. The largest absolute Gasteiger partial charge is 0.507 e. The lowest BCUT2D eigenvalue weighted by Gasteiger charge is -2.23. The zero-order valence-corrected chi connectivity index (χ0v) is 21.8. The Morgan fingerprint density at radius 1 is 0.946 bits per heavy atom. The van der Waals surface area contributed by atoms with Crippen LogP contribution in [0.25, 0.3) is 16.0 Å². The second kappa shape index (κ2) is 9.22. The number of Topliss-reactive ketones (excluding diaryl/α,β-unsaturated/α-hetero) is 1. The third-order valence-electron chi connectivity index (χ3n) is 6.06. The molecule has 1 aromatic heterocycles. The molecule has 0 saturated carbocycles. The Hall–Kier alpha value is -3.30. The van der Waals surface area contributed by atoms with Gasteiger partial charge in [0.05, 0.1) is 31.9 Å². The van der Waals surface area contributed by atoms with E-state index in [0.717, 1.165) is 4.70 Å². The number of anilines is 1. The van der Waals surface area contributed by atoms with Crippen LogP contribution >= 0.6 is 46.1 Å². The maximum Gasteiger partial charge on any atom is 0.301 e. The highest BCUT2D eigenvalue weighted by Crippen LogP contribution is 2.46. The summed E-state index contributed by atoms with van der Waals surface area (Å²) in [5, 5.41) is 12.7. The van der Waals surface area contributed by atoms with Gasteiger partial charge in [-0.15, -0.1) is 0 Å². The molecule has 7 nitrogen and oxygen atoms in total. The van der Waals surface area contributed by atoms with Crippen LogP contribution in [0.5, 0.6) is 11.5 Å². The van der Waals surface area contributed by atoms with Gasteiger partial charge in [-0.2, -0.15) is 0 Å². The Bertz CT molecular complexity index is 1650. The Morgan fingerprint density at radius 2 is 1.73 bits per heavy atom. The van der Waals surface area contributed by atoms with Crippen LogP contribution in [0.15, 0.2) is 60.2 Å². The number of hydrogen-bond acceptors (Lipinski definition) is 7. The molecule has 2 aliphatic heterocycles. The summed E-state index contributed by atoms with van der Waals surface area (Å²) in [7, 11) is 0. The van der Waals surface area contributed by atoms with Gasteiger partial charge < -0.3 is 14.6 Å². The zero-order valence-electron chi connectivity index (χ0n) is 18.7. The molecular formula is C26H15Cl3N2O5S. The van der Waals surface area contributed by atoms with Gasteiger partial charge in [-0.25, -0.2) is 4.98 Å². The van der Waals surface area contributed by atoms with E-state index in [0.29, 0.717) is 51.4 Å². The molecule has 1 saturated heterocycles. The van der Waals surface area contributed by atoms with Crippen molar-refractivity contribution in [2.75, 3.05) is 18.1 Å². The van der Waals surface area contributed by atoms with Gasteiger partial charge >= 0.3 is 5.91 Å². The van der Waals surface area contributed by atoms with Crippen LogP contribution in [-0.2, 0) is 9.59 Å². The molecule has 0 spiro atoms. The standard InChI is InChI=1S/C26H15Cl3N2O5S/c27-14-3-5-17-20(11-14)37-26(30-17)31-22(12-1-4-15(28)16(29)9-12)21(24(33)25(31)34)23(32)13-2-6-18-19(10-13)36-8-7-35-18/h1-6,9-11,22,32H,7-8H2/b23-21+/t22-/m0/s1. The molecule has 1 atom stereocenters. The van der Waals surface area contributed by atoms with Crippen molar-refractivity contribution >= 4 is 78.9 Å². The number of aliphatic hydroxyl groups excluding tert-OH is 1. The molecule has 3 aromatic carbocycles. The SMILES string of the molecule is O=C1C(=O)N(c2nc3ccc(Cl)cc3s2)[C@@H](c2ccc(Cl)c(Cl)c2)/C1=C(\O)c1ccc2c(c1)OCCO2. The minimum Gasteiger partial charge on any atom is -0.507 e. The molecule has 3 heterocycles. The van der Waals surface area contributed by atoms with E-state index in [9.17, 15) is 14.7 Å². The van der Waals surface area contributed by atoms with Crippen LogP contribution in [0.4, 0.5) is 5.13 Å². The number of thiazole rings is 1. The summed E-state index contributed by atoms with van der Waals surface area (Å²) in [5.41, 5.74) is 1.27. The smallest absolute Gasteiger partial charge is 0.301 e. The number of ketones is 1. The van der Waals surface area contributed by atoms with Gasteiger partial charge in [0.25, 0.3) is 5.78 Å². The summed E-state index contributed by atoms with van der Waals surface area (Å²) >= 11 is 19.8. The number of amides is 1. The first-order chi connectivity index (χ1) is 17.8. The van der Waals surface area contributed by atoms with Crippen molar-refractivity contribution in [1.29, 1.82) is 0 Å². The van der Waals surface area contributed by atoms with Gasteiger partial charge in [0, 0.05) is 10.6 Å². The lowest BCUT2D eigenvalue weighted by Crippen LogP contribution is -2.29. The third kappa shape index (κ3) is 4.10. The quantitative estimate of drug-likeness (QED) is 0.168. The molecule has 1 amide bonds. The first kappa shape index (κ1) is 24.1. The van der Waals surface area contributed by atoms with Gasteiger partial charge in [-0.3, -0.25) is 14.5 Å². The summed E-state index contributed by atoms with van der Waals surface area (Å²) in [6, 6.07) is 13.7. The van der Waals surface area contributed by atoms with Crippen molar-refractivity contribution in [3.8, 4) is 11.5 Å². The fraction of sp³-hybridized carbons (Fsp3) is 0.115. The molecule has 4 aromatic rings. The van der Waals surface area contributed by atoms with Gasteiger partial charge in [0.1, 0.15) is 19.0 Å². The van der Waals surface area contributed by atoms with Crippen LogP contribution in [-0.4, -0.2) is 35.0 Å². The van der Waals surface area contributed by atoms with Gasteiger partial charge in [-0.05, 0) is 54.1 Å². The van der Waals surface area contributed by atoms with Crippen molar-refractivity contribution in [2.24, 2.45) is 0 Å². The van der Waals surface area contributed by atoms with Crippen LogP contribution in [0.2, 0.25) is 15.1 Å². The van der Waals surface area contributed by atoms with E-state index in [1.807, 2.05) is 0 Å². The lowest BCUT2D eigenvalue weighted by atomic mass is 9.95. The summed E-state index contributed by atoms with van der Waals surface area (Å²) < 4.78 is 11.9. The predicted molar refractivity (Wildman–Crippen MR) is 143 cm³/mol. The van der Waals surface area contributed by atoms with Gasteiger partial charge in [0.15, 0.2) is 16.6 Å². The van der Waals surface area contributed by atoms with Gasteiger partial charge in [-0.1, -0.05) is 52.2 Å². The fourth-order valence-electron chi connectivity index (χ4n) is 4.36. The first-order valence-electron chi connectivity index (χ1n) is 11.0. The number of fused-ring (bicyclic) bond motifs is 2. The lowest BCUT2D eigenvalue weighted by molar-refractivity contribution is -0.132. The molecule has 0 unspecified atom stereocenters. The Labute approximate surface area is 229 Å². The van der Waals surface area contributed by atoms with Crippen molar-refractivity contribution in [3.63, 3.8) is 0 Å². The topological polar surface area (TPSA) is 89.0 Å². The molecular weight excluding hydrogens is 559 g/mol. The number of carbonyl (C=O) groups excluding carboxylic acids is 2. The number of carbonyl (C=O) groups is 2. The monoisotopic (exact) mass is 572 g/mol. The third-order valence-corrected chi connectivity index (χ3v) is 8.06. The summed E-state index contributed by atoms with van der Waals surface area (Å²) in [6.07, 6.45) is 0. The Kier molecular flexibility index (Phi) is 6.00. The highest BCUT2D eigenvalue weighted by Gasteiger charge is 2.48. The van der Waals surface area contributed by atoms with E-state index < -0.39 is 17.7 Å². The van der Waals surface area contributed by atoms with Crippen LogP contribution < -0.4 is 14.4 Å². The molecule has 0 bridgehead atoms. The molecule has 1 N–H and O–H groups in total. The summed E-state index contributed by atoms with van der Waals surface area (Å²) in [6.45, 7) is 0.765. The Balaban J connectivity index is 1.55. The van der Waals surface area contributed by atoms with E-state index >= 15 is 0 Å². The maximum absolute atomic E-state index is 13.4. The van der Waals surface area contributed by atoms with Crippen LogP contribution in [0, 0.1) is 0 Å². The van der Waals surface area contributed by atoms with E-state index in [-0.39, 0.29) is 21.5 Å². The van der Waals surface area contributed by atoms with E-state index in [2.05, 4.69) is 4.98 Å². The minimum atomic E-state index is -1.01. The first-order valence-corrected chi connectivity index (χ1v) is 13.0. The van der Waals surface area contributed by atoms with E-state index in [4.69, 9.17) is 44.3 Å². The number of nitrogens with zero attached hydrogens (tertiary/aromatic N) is 2. The molecule has 11 heteroatoms. The predicted octanol–water partition coefficient (Wildman–Crippen LogP) is 6.65. The molecule has 0 aliphatic carbocycles. The average molecular weight is 574 g/mol. The second-order valence-electron chi connectivity index (χ2n) is 8.31. The summed E-state index contributed by atoms with van der Waals surface area (Å²) in [5.74, 6) is -1.10. The Morgan fingerprint density at radius 3 is 2.51 bits per heavy atom. The number of hydrogen-bond donors (Lipinski definition) is 1. The highest BCUT2D eigenvalue weighted by atomic mass is 35.5. The van der Waals surface area contributed by atoms with Crippen molar-refractivity contribution in [3.05, 3.63) is 86.4 Å². The molecule has 1 fully saturated rings. The molecule has 6 rings (SSSR count). The van der Waals surface area contributed by atoms with E-state index in [1.54, 1.807) is 54.6 Å². The maximum atomic E-state index is 13.4. The number of halogens is 3. The van der Waals surface area contributed by atoms with Crippen LogP contribution in [0.3, 0.4) is 0 Å². The highest BCUT2D eigenvalue weighted by molar-refractivity contribution is 7.22. The molecule has 186 valence electrons. The number of aliphatic hydroxyl groups is 1. The average Bonchev–Trinajstić information content (AvgIpc) is 3.42. The second-order valence-corrected chi connectivity index (χ2v) is 10.6. The number of rotatable bonds is 3. The van der Waals surface area contributed by atoms with Crippen molar-refractivity contribution < 1.29 is 24.2 Å². The number of ether oxygens (including phenoxy) is 2. The van der Waals surface area contributed by atoms with Crippen LogP contribution in [0.1, 0.15) is 17.2 Å². The minimum absolute atomic E-state index is 0.114. The molecule has 0 radical (unpaired) electrons. The number of benzene rings is 3. The van der Waals surface area contributed by atoms with Crippen molar-refractivity contribution in [1.82, 2.24) is 4.98 Å². The zero-order chi connectivity index (χ0) is 25.8.